The second-order valence-corrected chi connectivity index (χ2v) is 5.08. The van der Waals surface area contributed by atoms with Crippen LogP contribution in [0.15, 0.2) is 24.5 Å². The van der Waals surface area contributed by atoms with Gasteiger partial charge in [0.05, 0.1) is 11.6 Å². The Bertz CT molecular complexity index is 553. The van der Waals surface area contributed by atoms with Crippen LogP contribution >= 0.6 is 27.5 Å². The first-order chi connectivity index (χ1) is 8.63. The molecule has 0 amide bonds. The molecule has 2 rings (SSSR count). The van der Waals surface area contributed by atoms with Gasteiger partial charge in [0.2, 0.25) is 0 Å². The van der Waals surface area contributed by atoms with Crippen molar-refractivity contribution >= 4 is 38.4 Å². The molecule has 2 unspecified atom stereocenters. The number of aliphatic hydroxyl groups excluding tert-OH is 2. The number of halogens is 2. The zero-order chi connectivity index (χ0) is 13.1. The van der Waals surface area contributed by atoms with Crippen LogP contribution in [0.25, 0.3) is 10.9 Å². The monoisotopic (exact) mass is 330 g/mol. The number of rotatable bonds is 4. The summed E-state index contributed by atoms with van der Waals surface area (Å²) in [6.45, 7) is 0. The van der Waals surface area contributed by atoms with Crippen molar-refractivity contribution in [2.75, 3.05) is 5.33 Å². The van der Waals surface area contributed by atoms with E-state index in [-0.39, 0.29) is 0 Å². The van der Waals surface area contributed by atoms with Gasteiger partial charge in [-0.3, -0.25) is 0 Å². The molecule has 0 aliphatic rings. The molecule has 0 saturated heterocycles. The lowest BCUT2D eigenvalue weighted by molar-refractivity contribution is 0.0174. The molecule has 0 fully saturated rings. The fraction of sp³-hybridized carbons (Fsp3) is 0.333. The summed E-state index contributed by atoms with van der Waals surface area (Å²) in [5, 5.41) is 21.4. The Labute approximate surface area is 118 Å². The Balaban J connectivity index is 2.37. The van der Waals surface area contributed by atoms with Gasteiger partial charge in [-0.1, -0.05) is 33.6 Å². The van der Waals surface area contributed by atoms with Crippen LogP contribution in [0.4, 0.5) is 0 Å². The Hall–Kier alpha value is -0.750. The number of alkyl halides is 1. The predicted octanol–water partition coefficient (Wildman–Crippen LogP) is 2.46. The summed E-state index contributed by atoms with van der Waals surface area (Å²) >= 11 is 9.20. The topological polar surface area (TPSA) is 66.2 Å². The molecule has 0 aliphatic carbocycles. The Morgan fingerprint density at radius 3 is 2.78 bits per heavy atom. The zero-order valence-corrected chi connectivity index (χ0v) is 11.8. The van der Waals surface area contributed by atoms with Gasteiger partial charge >= 0.3 is 0 Å². The van der Waals surface area contributed by atoms with Gasteiger partial charge in [-0.2, -0.15) is 0 Å². The summed E-state index contributed by atoms with van der Waals surface area (Å²) in [5.74, 6) is 0. The normalized spacial score (nSPS) is 14.7. The molecule has 6 heteroatoms. The van der Waals surface area contributed by atoms with E-state index in [2.05, 4.69) is 25.9 Å². The van der Waals surface area contributed by atoms with Crippen LogP contribution < -0.4 is 0 Å². The molecular weight excluding hydrogens is 320 g/mol. The molecule has 1 heterocycles. The maximum absolute atomic E-state index is 10.0. The van der Waals surface area contributed by atoms with Crippen LogP contribution in [0.2, 0.25) is 5.15 Å². The van der Waals surface area contributed by atoms with Crippen LogP contribution in [0.5, 0.6) is 0 Å². The van der Waals surface area contributed by atoms with E-state index in [1.54, 1.807) is 18.2 Å². The second-order valence-electron chi connectivity index (χ2n) is 3.93. The van der Waals surface area contributed by atoms with Crippen LogP contribution in [-0.2, 0) is 0 Å². The summed E-state index contributed by atoms with van der Waals surface area (Å²) in [6.07, 6.45) is 0.104. The molecule has 0 spiro atoms. The average molecular weight is 332 g/mol. The quantitative estimate of drug-likeness (QED) is 0.667. The molecule has 96 valence electrons. The Morgan fingerprint density at radius 2 is 2.06 bits per heavy atom. The Morgan fingerprint density at radius 1 is 1.28 bits per heavy atom. The zero-order valence-electron chi connectivity index (χ0n) is 9.42. The standard InChI is InChI=1S/C12H12BrClN2O2/c13-4-3-10(17)11(18)7-1-2-9-8(5-7)12(14)16-6-15-9/h1-2,5-6,10-11,17-18H,3-4H2. The maximum atomic E-state index is 10.0. The van der Waals surface area contributed by atoms with E-state index in [0.717, 1.165) is 0 Å². The number of aromatic nitrogens is 2. The molecule has 0 saturated carbocycles. The van der Waals surface area contributed by atoms with E-state index < -0.39 is 12.2 Å². The van der Waals surface area contributed by atoms with E-state index in [4.69, 9.17) is 11.6 Å². The number of hydrogen-bond donors (Lipinski definition) is 2. The lowest BCUT2D eigenvalue weighted by atomic mass is 10.0. The van der Waals surface area contributed by atoms with E-state index in [1.807, 2.05) is 0 Å². The number of nitrogens with zero attached hydrogens (tertiary/aromatic N) is 2. The third-order valence-electron chi connectivity index (χ3n) is 2.72. The summed E-state index contributed by atoms with van der Waals surface area (Å²) in [6, 6.07) is 5.19. The smallest absolute Gasteiger partial charge is 0.140 e. The molecule has 2 aromatic rings. The average Bonchev–Trinajstić information content (AvgIpc) is 2.38. The first kappa shape index (κ1) is 13.7. The highest BCUT2D eigenvalue weighted by molar-refractivity contribution is 9.09. The lowest BCUT2D eigenvalue weighted by Crippen LogP contribution is -2.18. The van der Waals surface area contributed by atoms with E-state index in [1.165, 1.54) is 6.33 Å². The van der Waals surface area contributed by atoms with Crippen molar-refractivity contribution in [2.24, 2.45) is 0 Å². The minimum atomic E-state index is -0.941. The number of fused-ring (bicyclic) bond motifs is 1. The first-order valence-electron chi connectivity index (χ1n) is 5.45. The van der Waals surface area contributed by atoms with Crippen molar-refractivity contribution in [3.63, 3.8) is 0 Å². The maximum Gasteiger partial charge on any atom is 0.140 e. The molecule has 0 aliphatic heterocycles. The van der Waals surface area contributed by atoms with Gasteiger partial charge in [0.1, 0.15) is 17.6 Å². The van der Waals surface area contributed by atoms with E-state index >= 15 is 0 Å². The highest BCUT2D eigenvalue weighted by Gasteiger charge is 2.18. The lowest BCUT2D eigenvalue weighted by Gasteiger charge is -2.17. The van der Waals surface area contributed by atoms with Gasteiger partial charge in [0, 0.05) is 10.7 Å². The summed E-state index contributed by atoms with van der Waals surface area (Å²) in [7, 11) is 0. The minimum absolute atomic E-state index is 0.337. The first-order valence-corrected chi connectivity index (χ1v) is 6.95. The molecule has 18 heavy (non-hydrogen) atoms. The van der Waals surface area contributed by atoms with Gasteiger partial charge in [0.15, 0.2) is 0 Å². The molecule has 1 aromatic heterocycles. The van der Waals surface area contributed by atoms with Crippen molar-refractivity contribution in [2.45, 2.75) is 18.6 Å². The van der Waals surface area contributed by atoms with Crippen molar-refractivity contribution in [1.29, 1.82) is 0 Å². The third kappa shape index (κ3) is 2.80. The van der Waals surface area contributed by atoms with Gasteiger partial charge in [-0.05, 0) is 24.1 Å². The predicted molar refractivity (Wildman–Crippen MR) is 73.9 cm³/mol. The SMILES string of the molecule is OC(CCBr)C(O)c1ccc2ncnc(Cl)c2c1. The highest BCUT2D eigenvalue weighted by atomic mass is 79.9. The van der Waals surface area contributed by atoms with Crippen molar-refractivity contribution in [3.05, 3.63) is 35.2 Å². The molecular formula is C12H12BrClN2O2. The van der Waals surface area contributed by atoms with Crippen LogP contribution in [0.1, 0.15) is 18.1 Å². The summed E-state index contributed by atoms with van der Waals surface area (Å²) in [5.41, 5.74) is 1.31. The summed E-state index contributed by atoms with van der Waals surface area (Å²) in [4.78, 5) is 7.97. The molecule has 1 aromatic carbocycles. The van der Waals surface area contributed by atoms with Crippen molar-refractivity contribution in [1.82, 2.24) is 9.97 Å². The van der Waals surface area contributed by atoms with Gasteiger partial charge in [-0.15, -0.1) is 0 Å². The Kier molecular flexibility index (Phi) is 4.50. The minimum Gasteiger partial charge on any atom is -0.390 e. The molecule has 0 radical (unpaired) electrons. The van der Waals surface area contributed by atoms with Crippen LogP contribution in [-0.4, -0.2) is 31.6 Å². The van der Waals surface area contributed by atoms with Crippen molar-refractivity contribution in [3.8, 4) is 0 Å². The van der Waals surface area contributed by atoms with Crippen LogP contribution in [0, 0.1) is 0 Å². The molecule has 4 nitrogen and oxygen atoms in total. The van der Waals surface area contributed by atoms with Gasteiger partial charge in [0.25, 0.3) is 0 Å². The fourth-order valence-electron chi connectivity index (χ4n) is 1.72. The van der Waals surface area contributed by atoms with Gasteiger partial charge < -0.3 is 10.2 Å². The largest absolute Gasteiger partial charge is 0.390 e. The molecule has 0 bridgehead atoms. The van der Waals surface area contributed by atoms with E-state index in [0.29, 0.717) is 33.4 Å². The van der Waals surface area contributed by atoms with E-state index in [9.17, 15) is 10.2 Å². The van der Waals surface area contributed by atoms with Crippen molar-refractivity contribution < 1.29 is 10.2 Å². The second kappa shape index (κ2) is 5.93. The number of benzene rings is 1. The molecule has 2 N–H and O–H groups in total. The third-order valence-corrected chi connectivity index (χ3v) is 3.48. The number of hydrogen-bond acceptors (Lipinski definition) is 4. The number of aliphatic hydroxyl groups is 2. The molecule has 2 atom stereocenters. The van der Waals surface area contributed by atoms with Gasteiger partial charge in [-0.25, -0.2) is 9.97 Å². The fourth-order valence-corrected chi connectivity index (χ4v) is 2.38. The van der Waals surface area contributed by atoms with Crippen LogP contribution in [0.3, 0.4) is 0 Å². The summed E-state index contributed by atoms with van der Waals surface area (Å²) < 4.78 is 0. The highest BCUT2D eigenvalue weighted by Crippen LogP contribution is 2.26.